The van der Waals surface area contributed by atoms with Gasteiger partial charge in [0.1, 0.15) is 18.2 Å². The zero-order valence-corrected chi connectivity index (χ0v) is 22.3. The van der Waals surface area contributed by atoms with E-state index < -0.39 is 11.8 Å². The van der Waals surface area contributed by atoms with E-state index in [2.05, 4.69) is 14.4 Å². The Morgan fingerprint density at radius 1 is 1.10 bits per heavy atom. The summed E-state index contributed by atoms with van der Waals surface area (Å²) in [7, 11) is 0. The van der Waals surface area contributed by atoms with E-state index in [1.165, 1.54) is 6.07 Å². The van der Waals surface area contributed by atoms with Gasteiger partial charge in [0.15, 0.2) is 5.69 Å². The summed E-state index contributed by atoms with van der Waals surface area (Å²) in [5.74, 6) is -0.0619. The van der Waals surface area contributed by atoms with Crippen molar-refractivity contribution in [3.8, 4) is 5.88 Å². The summed E-state index contributed by atoms with van der Waals surface area (Å²) in [5.41, 5.74) is 3.27. The number of imidazole rings is 1. The van der Waals surface area contributed by atoms with Crippen LogP contribution in [0.2, 0.25) is 0 Å². The number of hydrogen-bond acceptors (Lipinski definition) is 6. The number of benzene rings is 2. The zero-order valence-electron chi connectivity index (χ0n) is 22.3. The molecular formula is C31H29FN4O5. The molecule has 0 radical (unpaired) electrons. The summed E-state index contributed by atoms with van der Waals surface area (Å²) in [4.78, 5) is 24.3. The van der Waals surface area contributed by atoms with Crippen LogP contribution in [0.1, 0.15) is 52.6 Å². The second-order valence-electron chi connectivity index (χ2n) is 10.4. The lowest BCUT2D eigenvalue weighted by Crippen LogP contribution is -2.33. The third-order valence-electron chi connectivity index (χ3n) is 7.74. The highest BCUT2D eigenvalue weighted by molar-refractivity contribution is 5.92. The minimum absolute atomic E-state index is 0.0185. The lowest BCUT2D eigenvalue weighted by Gasteiger charge is -2.30. The molecule has 2 saturated heterocycles. The van der Waals surface area contributed by atoms with Crippen LogP contribution in [0.3, 0.4) is 0 Å². The van der Waals surface area contributed by atoms with Crippen molar-refractivity contribution in [1.29, 1.82) is 0 Å². The summed E-state index contributed by atoms with van der Waals surface area (Å²) in [6, 6.07) is 14.9. The molecule has 210 valence electrons. The molecule has 2 aromatic carbocycles. The van der Waals surface area contributed by atoms with Crippen molar-refractivity contribution < 1.29 is 28.5 Å². The van der Waals surface area contributed by atoms with Crippen LogP contribution in [0.5, 0.6) is 5.88 Å². The summed E-state index contributed by atoms with van der Waals surface area (Å²) in [5, 5.41) is 9.48. The van der Waals surface area contributed by atoms with Gasteiger partial charge in [-0.25, -0.2) is 24.0 Å². The molecule has 4 heterocycles. The second kappa shape index (κ2) is 11.6. The van der Waals surface area contributed by atoms with Crippen molar-refractivity contribution in [2.45, 2.75) is 57.0 Å². The Morgan fingerprint density at radius 2 is 1.98 bits per heavy atom. The number of aromatic nitrogens is 3. The number of rotatable bonds is 9. The van der Waals surface area contributed by atoms with Gasteiger partial charge in [-0.15, -0.1) is 0 Å². The standard InChI is InChI=1S/C31H29FN4O5/c1-33-22-8-5-20(25(32)14-22)17-41-30-4-2-3-26(35-30)21-6-9-23(40-18-21)15-29-34-27-10-7-19(31(37)38)13-28(27)36(29)16-24-11-12-39-24/h2-5,7-8,10,13-14,21,23-24H,6,9,11-12,15-18H2,(H,37,38)/t21-,23-,24+/m1/s1. The fraction of sp³-hybridized carbons (Fsp3) is 0.355. The van der Waals surface area contributed by atoms with Gasteiger partial charge in [-0.3, -0.25) is 0 Å². The van der Waals surface area contributed by atoms with Crippen LogP contribution >= 0.6 is 0 Å². The highest BCUT2D eigenvalue weighted by atomic mass is 19.1. The molecule has 0 spiro atoms. The number of nitrogens with zero attached hydrogens (tertiary/aromatic N) is 4. The number of halogens is 1. The van der Waals surface area contributed by atoms with Crippen molar-refractivity contribution in [1.82, 2.24) is 14.5 Å². The molecule has 0 bridgehead atoms. The monoisotopic (exact) mass is 556 g/mol. The van der Waals surface area contributed by atoms with Crippen LogP contribution in [0.25, 0.3) is 15.9 Å². The Labute approximate surface area is 236 Å². The maximum atomic E-state index is 14.2. The van der Waals surface area contributed by atoms with Crippen LogP contribution < -0.4 is 4.74 Å². The number of pyridine rings is 1. The smallest absolute Gasteiger partial charge is 0.335 e. The molecule has 10 heteroatoms. The summed E-state index contributed by atoms with van der Waals surface area (Å²) in [6.07, 6.45) is 3.36. The first-order valence-electron chi connectivity index (χ1n) is 13.7. The van der Waals surface area contributed by atoms with Gasteiger partial charge in [0.25, 0.3) is 0 Å². The maximum Gasteiger partial charge on any atom is 0.335 e. The van der Waals surface area contributed by atoms with Gasteiger partial charge in [0.2, 0.25) is 5.88 Å². The summed E-state index contributed by atoms with van der Waals surface area (Å²) < 4.78 is 34.0. The Bertz CT molecular complexity index is 1620. The highest BCUT2D eigenvalue weighted by Gasteiger charge is 2.28. The van der Waals surface area contributed by atoms with Crippen molar-refractivity contribution in [3.63, 3.8) is 0 Å². The number of hydrogen-bond donors (Lipinski definition) is 1. The van der Waals surface area contributed by atoms with E-state index in [9.17, 15) is 14.3 Å². The number of fused-ring (bicyclic) bond motifs is 1. The molecule has 41 heavy (non-hydrogen) atoms. The van der Waals surface area contributed by atoms with Gasteiger partial charge in [0.05, 0.1) is 48.5 Å². The molecule has 0 saturated carbocycles. The molecule has 2 aliphatic rings. The van der Waals surface area contributed by atoms with Crippen LogP contribution in [0.4, 0.5) is 10.1 Å². The molecule has 1 N–H and O–H groups in total. The molecule has 2 fully saturated rings. The molecule has 0 aliphatic carbocycles. The Kier molecular flexibility index (Phi) is 7.63. The first-order chi connectivity index (χ1) is 20.0. The van der Waals surface area contributed by atoms with Gasteiger partial charge in [-0.1, -0.05) is 18.2 Å². The highest BCUT2D eigenvalue weighted by Crippen LogP contribution is 2.31. The molecule has 2 aliphatic heterocycles. The maximum absolute atomic E-state index is 14.2. The van der Waals surface area contributed by atoms with Gasteiger partial charge in [-0.05, 0) is 49.6 Å². The second-order valence-corrected chi connectivity index (χ2v) is 10.4. The molecular weight excluding hydrogens is 527 g/mol. The number of carboxylic acid groups (broad SMARTS) is 1. The van der Waals surface area contributed by atoms with Gasteiger partial charge in [0, 0.05) is 36.3 Å². The average Bonchev–Trinajstić information content (AvgIpc) is 3.30. The van der Waals surface area contributed by atoms with Crippen molar-refractivity contribution in [2.75, 3.05) is 13.2 Å². The Hall–Kier alpha value is -4.33. The Balaban J connectivity index is 1.10. The predicted molar refractivity (Wildman–Crippen MR) is 148 cm³/mol. The third kappa shape index (κ3) is 5.92. The summed E-state index contributed by atoms with van der Waals surface area (Å²) >= 11 is 0. The number of carboxylic acids is 1. The minimum Gasteiger partial charge on any atom is -0.478 e. The van der Waals surface area contributed by atoms with Gasteiger partial charge in [-0.2, -0.15) is 0 Å². The molecule has 9 nitrogen and oxygen atoms in total. The molecule has 6 rings (SSSR count). The van der Waals surface area contributed by atoms with Crippen LogP contribution in [0.15, 0.2) is 54.6 Å². The van der Waals surface area contributed by atoms with E-state index in [-0.39, 0.29) is 36.0 Å². The quantitative estimate of drug-likeness (QED) is 0.264. The minimum atomic E-state index is -0.965. The predicted octanol–water partition coefficient (Wildman–Crippen LogP) is 5.69. The van der Waals surface area contributed by atoms with E-state index in [4.69, 9.17) is 25.8 Å². The summed E-state index contributed by atoms with van der Waals surface area (Å²) in [6.45, 7) is 8.90. The third-order valence-corrected chi connectivity index (χ3v) is 7.74. The molecule has 3 atom stereocenters. The van der Waals surface area contributed by atoms with Crippen molar-refractivity contribution in [3.05, 3.63) is 94.5 Å². The van der Waals surface area contributed by atoms with E-state index in [0.717, 1.165) is 48.4 Å². The topological polar surface area (TPSA) is 100 Å². The first kappa shape index (κ1) is 26.9. The van der Waals surface area contributed by atoms with Crippen LogP contribution in [-0.2, 0) is 29.0 Å². The van der Waals surface area contributed by atoms with Gasteiger partial charge < -0.3 is 23.9 Å². The Morgan fingerprint density at radius 3 is 2.68 bits per heavy atom. The first-order valence-corrected chi connectivity index (χ1v) is 13.7. The number of aromatic carboxylic acids is 1. The molecule has 0 unspecified atom stereocenters. The molecule has 2 aromatic heterocycles. The largest absolute Gasteiger partial charge is 0.478 e. The normalized spacial score (nSPS) is 20.3. The fourth-order valence-corrected chi connectivity index (χ4v) is 5.31. The zero-order chi connectivity index (χ0) is 28.3. The number of ether oxygens (including phenoxy) is 3. The lowest BCUT2D eigenvalue weighted by molar-refractivity contribution is -0.0594. The fourth-order valence-electron chi connectivity index (χ4n) is 5.31. The molecule has 4 aromatic rings. The SMILES string of the molecule is [C-]#[N+]c1ccc(COc2cccc([C@@H]3CC[C@H](Cc4nc5ccc(C(=O)O)cc5n4C[C@@H]4CCO4)OC3)n2)c(F)c1. The van der Waals surface area contributed by atoms with Crippen LogP contribution in [0, 0.1) is 12.4 Å². The van der Waals surface area contributed by atoms with E-state index in [1.54, 1.807) is 36.4 Å². The van der Waals surface area contributed by atoms with Crippen LogP contribution in [-0.4, -0.2) is 51.0 Å². The number of carbonyl (C=O) groups is 1. The van der Waals surface area contributed by atoms with Crippen molar-refractivity contribution >= 4 is 22.7 Å². The van der Waals surface area contributed by atoms with E-state index in [0.29, 0.717) is 31.0 Å². The van der Waals surface area contributed by atoms with Crippen molar-refractivity contribution in [2.24, 2.45) is 0 Å². The van der Waals surface area contributed by atoms with Gasteiger partial charge >= 0.3 is 5.97 Å². The van der Waals surface area contributed by atoms with E-state index >= 15 is 0 Å². The lowest BCUT2D eigenvalue weighted by atomic mass is 9.93. The van der Waals surface area contributed by atoms with E-state index in [1.807, 2.05) is 12.1 Å². The average molecular weight is 557 g/mol. The molecule has 0 amide bonds.